The molecule has 0 spiro atoms. The second kappa shape index (κ2) is 6.76. The monoisotopic (exact) mass is 309 g/mol. The summed E-state index contributed by atoms with van der Waals surface area (Å²) in [6.45, 7) is 0. The number of hydrogen-bond donors (Lipinski definition) is 1. The van der Waals surface area contributed by atoms with Crippen LogP contribution in [-0.4, -0.2) is 46.5 Å². The standard InChI is InChI=1S/C15H16FNO3S/c1-17(11-6-7-21-9-11)15(20)12-8-10(2-4-13(12)16)3-5-14(18)19/h2-5,8,11H,6-7,9H2,1H3,(H,18,19). The zero-order chi connectivity index (χ0) is 15.4. The summed E-state index contributed by atoms with van der Waals surface area (Å²) in [5, 5.41) is 8.60. The van der Waals surface area contributed by atoms with Crippen LogP contribution < -0.4 is 0 Å². The Morgan fingerprint density at radius 2 is 2.24 bits per heavy atom. The van der Waals surface area contributed by atoms with Crippen LogP contribution in [0.5, 0.6) is 0 Å². The summed E-state index contributed by atoms with van der Waals surface area (Å²) in [5.41, 5.74) is 0.457. The summed E-state index contributed by atoms with van der Waals surface area (Å²) < 4.78 is 13.9. The van der Waals surface area contributed by atoms with E-state index in [1.165, 1.54) is 24.3 Å². The van der Waals surface area contributed by atoms with Crippen LogP contribution in [0, 0.1) is 5.82 Å². The van der Waals surface area contributed by atoms with Crippen molar-refractivity contribution in [3.8, 4) is 0 Å². The number of amides is 1. The fourth-order valence-corrected chi connectivity index (χ4v) is 3.43. The van der Waals surface area contributed by atoms with Gasteiger partial charge in [-0.05, 0) is 35.9 Å². The lowest BCUT2D eigenvalue weighted by Crippen LogP contribution is -2.37. The van der Waals surface area contributed by atoms with Crippen molar-refractivity contribution in [2.45, 2.75) is 12.5 Å². The van der Waals surface area contributed by atoms with Crippen LogP contribution in [-0.2, 0) is 4.79 Å². The minimum absolute atomic E-state index is 0.0260. The Morgan fingerprint density at radius 1 is 1.48 bits per heavy atom. The Bertz CT molecular complexity index is 582. The van der Waals surface area contributed by atoms with E-state index in [0.29, 0.717) is 5.56 Å². The van der Waals surface area contributed by atoms with Crippen LogP contribution in [0.4, 0.5) is 4.39 Å². The van der Waals surface area contributed by atoms with Gasteiger partial charge in [-0.3, -0.25) is 4.79 Å². The van der Waals surface area contributed by atoms with Crippen LogP contribution in [0.15, 0.2) is 24.3 Å². The number of carbonyl (C=O) groups excluding carboxylic acids is 1. The van der Waals surface area contributed by atoms with E-state index in [1.807, 2.05) is 0 Å². The van der Waals surface area contributed by atoms with Crippen LogP contribution in [0.3, 0.4) is 0 Å². The zero-order valence-corrected chi connectivity index (χ0v) is 12.4. The highest BCUT2D eigenvalue weighted by Gasteiger charge is 2.26. The number of rotatable bonds is 4. The van der Waals surface area contributed by atoms with Gasteiger partial charge in [0.05, 0.1) is 5.56 Å². The fraction of sp³-hybridized carbons (Fsp3) is 0.333. The van der Waals surface area contributed by atoms with Crippen LogP contribution in [0.2, 0.25) is 0 Å². The van der Waals surface area contributed by atoms with E-state index in [1.54, 1.807) is 23.7 Å². The van der Waals surface area contributed by atoms with Crippen molar-refractivity contribution >= 4 is 29.7 Å². The average molecular weight is 309 g/mol. The maximum atomic E-state index is 13.9. The molecule has 6 heteroatoms. The third-order valence-electron chi connectivity index (χ3n) is 3.41. The van der Waals surface area contributed by atoms with Crippen molar-refractivity contribution in [3.63, 3.8) is 0 Å². The number of nitrogens with zero attached hydrogens (tertiary/aromatic N) is 1. The number of benzene rings is 1. The van der Waals surface area contributed by atoms with Crippen molar-refractivity contribution in [2.24, 2.45) is 0 Å². The van der Waals surface area contributed by atoms with E-state index in [2.05, 4.69) is 0 Å². The highest BCUT2D eigenvalue weighted by atomic mass is 32.2. The SMILES string of the molecule is CN(C(=O)c1cc(C=CC(=O)O)ccc1F)C1CCSC1. The summed E-state index contributed by atoms with van der Waals surface area (Å²) in [7, 11) is 1.68. The van der Waals surface area contributed by atoms with E-state index in [-0.39, 0.29) is 17.5 Å². The molecule has 1 atom stereocenters. The van der Waals surface area contributed by atoms with E-state index in [9.17, 15) is 14.0 Å². The van der Waals surface area contributed by atoms with Gasteiger partial charge in [-0.25, -0.2) is 9.18 Å². The number of carboxylic acid groups (broad SMARTS) is 1. The molecule has 0 saturated carbocycles. The lowest BCUT2D eigenvalue weighted by molar-refractivity contribution is -0.131. The maximum absolute atomic E-state index is 13.9. The number of halogens is 1. The fourth-order valence-electron chi connectivity index (χ4n) is 2.16. The van der Waals surface area contributed by atoms with E-state index >= 15 is 0 Å². The first kappa shape index (κ1) is 15.6. The molecular formula is C15H16FNO3S. The smallest absolute Gasteiger partial charge is 0.328 e. The normalized spacial score (nSPS) is 18.1. The van der Waals surface area contributed by atoms with Crippen molar-refractivity contribution in [1.29, 1.82) is 0 Å². The molecule has 112 valence electrons. The molecule has 1 heterocycles. The summed E-state index contributed by atoms with van der Waals surface area (Å²) in [6.07, 6.45) is 3.20. The predicted octanol–water partition coefficient (Wildman–Crippen LogP) is 2.50. The van der Waals surface area contributed by atoms with E-state index in [0.717, 1.165) is 24.0 Å². The Kier molecular flexibility index (Phi) is 5.01. The van der Waals surface area contributed by atoms with Crippen LogP contribution >= 0.6 is 11.8 Å². The van der Waals surface area contributed by atoms with Crippen molar-refractivity contribution in [2.75, 3.05) is 18.6 Å². The van der Waals surface area contributed by atoms with Gasteiger partial charge in [-0.15, -0.1) is 0 Å². The first-order chi connectivity index (χ1) is 9.99. The van der Waals surface area contributed by atoms with Gasteiger partial charge in [0.1, 0.15) is 5.82 Å². The van der Waals surface area contributed by atoms with Gasteiger partial charge in [0.15, 0.2) is 0 Å². The Morgan fingerprint density at radius 3 is 2.86 bits per heavy atom. The molecule has 1 aromatic rings. The summed E-state index contributed by atoms with van der Waals surface area (Å²) in [5.74, 6) is -0.183. The van der Waals surface area contributed by atoms with Crippen molar-refractivity contribution in [1.82, 2.24) is 4.90 Å². The van der Waals surface area contributed by atoms with Crippen molar-refractivity contribution < 1.29 is 19.1 Å². The summed E-state index contributed by atoms with van der Waals surface area (Å²) >= 11 is 1.78. The highest BCUT2D eigenvalue weighted by molar-refractivity contribution is 7.99. The molecule has 0 aromatic heterocycles. The third kappa shape index (κ3) is 3.85. The minimum Gasteiger partial charge on any atom is -0.478 e. The Hall–Kier alpha value is -1.82. The average Bonchev–Trinajstić information content (AvgIpc) is 2.99. The topological polar surface area (TPSA) is 57.6 Å². The molecule has 0 aliphatic carbocycles. The second-order valence-corrected chi connectivity index (χ2v) is 5.99. The number of hydrogen-bond acceptors (Lipinski definition) is 3. The maximum Gasteiger partial charge on any atom is 0.328 e. The lowest BCUT2D eigenvalue weighted by atomic mass is 10.1. The number of aliphatic carboxylic acids is 1. The van der Waals surface area contributed by atoms with Gasteiger partial charge < -0.3 is 10.0 Å². The molecule has 1 amide bonds. The van der Waals surface area contributed by atoms with Gasteiger partial charge in [-0.1, -0.05) is 6.07 Å². The van der Waals surface area contributed by atoms with E-state index in [4.69, 9.17) is 5.11 Å². The van der Waals surface area contributed by atoms with Gasteiger partial charge in [0.25, 0.3) is 5.91 Å². The molecule has 1 aliphatic heterocycles. The zero-order valence-electron chi connectivity index (χ0n) is 11.6. The summed E-state index contributed by atoms with van der Waals surface area (Å²) in [4.78, 5) is 24.5. The van der Waals surface area contributed by atoms with Gasteiger partial charge in [0, 0.05) is 24.9 Å². The minimum atomic E-state index is -1.09. The van der Waals surface area contributed by atoms with E-state index < -0.39 is 11.8 Å². The molecule has 1 N–H and O–H groups in total. The van der Waals surface area contributed by atoms with Crippen molar-refractivity contribution in [3.05, 3.63) is 41.2 Å². The molecule has 21 heavy (non-hydrogen) atoms. The molecule has 4 nitrogen and oxygen atoms in total. The van der Waals surface area contributed by atoms with Gasteiger partial charge in [0.2, 0.25) is 0 Å². The van der Waals surface area contributed by atoms with Crippen LogP contribution in [0.25, 0.3) is 6.08 Å². The molecule has 2 rings (SSSR count). The molecule has 1 aliphatic rings. The first-order valence-electron chi connectivity index (χ1n) is 6.54. The van der Waals surface area contributed by atoms with Gasteiger partial charge >= 0.3 is 5.97 Å². The Balaban J connectivity index is 2.23. The largest absolute Gasteiger partial charge is 0.478 e. The number of thioether (sulfide) groups is 1. The lowest BCUT2D eigenvalue weighted by Gasteiger charge is -2.24. The quantitative estimate of drug-likeness (QED) is 0.868. The molecule has 1 aromatic carbocycles. The predicted molar refractivity (Wildman–Crippen MR) is 80.9 cm³/mol. The third-order valence-corrected chi connectivity index (χ3v) is 4.56. The molecule has 0 radical (unpaired) electrons. The Labute approximate surface area is 126 Å². The van der Waals surface area contributed by atoms with Gasteiger partial charge in [-0.2, -0.15) is 11.8 Å². The molecular weight excluding hydrogens is 293 g/mol. The number of carbonyl (C=O) groups is 2. The molecule has 1 unspecified atom stereocenters. The highest BCUT2D eigenvalue weighted by Crippen LogP contribution is 2.23. The summed E-state index contributed by atoms with van der Waals surface area (Å²) in [6, 6.07) is 4.14. The van der Waals surface area contributed by atoms with Crippen LogP contribution in [0.1, 0.15) is 22.3 Å². The first-order valence-corrected chi connectivity index (χ1v) is 7.70. The molecule has 0 bridgehead atoms. The molecule has 1 fully saturated rings. The second-order valence-electron chi connectivity index (χ2n) is 4.84. The molecule has 1 saturated heterocycles. The number of carboxylic acids is 1.